The summed E-state index contributed by atoms with van der Waals surface area (Å²) in [4.78, 5) is 13.4. The summed E-state index contributed by atoms with van der Waals surface area (Å²) < 4.78 is 5.46. The Bertz CT molecular complexity index is 546. The average molecular weight is 255 g/mol. The molecule has 0 unspecified atom stereocenters. The lowest BCUT2D eigenvalue weighted by atomic mass is 10.1. The maximum atomic E-state index is 11.7. The largest absolute Gasteiger partial charge is 0.481 e. The molecule has 0 radical (unpaired) electrons. The number of hydrogen-bond acceptors (Lipinski definition) is 2. The second-order valence-electron chi connectivity index (χ2n) is 4.32. The molecule has 1 amide bonds. The summed E-state index contributed by atoms with van der Waals surface area (Å²) in [6, 6.07) is 7.74. The molecule has 0 aliphatic carbocycles. The molecule has 0 fully saturated rings. The first-order valence-electron chi connectivity index (χ1n) is 6.32. The molecule has 98 valence electrons. The lowest BCUT2D eigenvalue weighted by molar-refractivity contribution is -0.127. The lowest BCUT2D eigenvalue weighted by Crippen LogP contribution is -2.27. The predicted octanol–water partition coefficient (Wildman–Crippen LogP) is 2.68. The van der Waals surface area contributed by atoms with Gasteiger partial charge in [0.2, 0.25) is 5.91 Å². The number of amides is 1. The SMILES string of the molecule is CC#CCOc1ccc(C2=CCCC(=O)N2C)cc1. The summed E-state index contributed by atoms with van der Waals surface area (Å²) in [5.41, 5.74) is 2.00. The molecule has 19 heavy (non-hydrogen) atoms. The van der Waals surface area contributed by atoms with E-state index in [1.165, 1.54) is 0 Å². The van der Waals surface area contributed by atoms with Crippen LogP contribution in [0.2, 0.25) is 0 Å². The van der Waals surface area contributed by atoms with Gasteiger partial charge in [-0.15, -0.1) is 5.92 Å². The van der Waals surface area contributed by atoms with E-state index in [-0.39, 0.29) is 5.91 Å². The fourth-order valence-corrected chi connectivity index (χ4v) is 2.00. The monoisotopic (exact) mass is 255 g/mol. The number of hydrogen-bond donors (Lipinski definition) is 0. The van der Waals surface area contributed by atoms with Crippen LogP contribution in [0.15, 0.2) is 30.3 Å². The van der Waals surface area contributed by atoms with Gasteiger partial charge in [-0.05, 0) is 43.2 Å². The van der Waals surface area contributed by atoms with Crippen molar-refractivity contribution >= 4 is 11.6 Å². The Kier molecular flexibility index (Phi) is 4.25. The van der Waals surface area contributed by atoms with Crippen molar-refractivity contribution in [2.45, 2.75) is 19.8 Å². The van der Waals surface area contributed by atoms with E-state index in [0.29, 0.717) is 13.0 Å². The van der Waals surface area contributed by atoms with E-state index in [0.717, 1.165) is 23.4 Å². The molecule has 0 saturated carbocycles. The van der Waals surface area contributed by atoms with Crippen LogP contribution < -0.4 is 4.74 Å². The highest BCUT2D eigenvalue weighted by molar-refractivity contribution is 5.88. The summed E-state index contributed by atoms with van der Waals surface area (Å²) in [5.74, 6) is 6.59. The number of allylic oxidation sites excluding steroid dienone is 1. The van der Waals surface area contributed by atoms with Crippen molar-refractivity contribution in [2.75, 3.05) is 13.7 Å². The standard InChI is InChI=1S/C16H17NO2/c1-3-4-12-19-14-10-8-13(9-11-14)15-6-5-7-16(18)17(15)2/h6,8-11H,5,7,12H2,1-2H3. The Hall–Kier alpha value is -2.21. The van der Waals surface area contributed by atoms with Gasteiger partial charge in [0.15, 0.2) is 0 Å². The van der Waals surface area contributed by atoms with Crippen molar-refractivity contribution in [2.24, 2.45) is 0 Å². The van der Waals surface area contributed by atoms with Crippen molar-refractivity contribution in [3.8, 4) is 17.6 Å². The van der Waals surface area contributed by atoms with E-state index in [1.54, 1.807) is 11.8 Å². The van der Waals surface area contributed by atoms with Crippen molar-refractivity contribution in [1.82, 2.24) is 4.90 Å². The number of rotatable bonds is 3. The molecular weight excluding hydrogens is 238 g/mol. The minimum atomic E-state index is 0.163. The Labute approximate surface area is 113 Å². The average Bonchev–Trinajstić information content (AvgIpc) is 2.43. The van der Waals surface area contributed by atoms with Crippen LogP contribution >= 0.6 is 0 Å². The van der Waals surface area contributed by atoms with E-state index < -0.39 is 0 Å². The van der Waals surface area contributed by atoms with Gasteiger partial charge in [-0.3, -0.25) is 4.79 Å². The molecule has 0 bridgehead atoms. The molecule has 3 heteroatoms. The van der Waals surface area contributed by atoms with Crippen molar-refractivity contribution in [3.63, 3.8) is 0 Å². The van der Waals surface area contributed by atoms with Crippen LogP contribution in [-0.4, -0.2) is 24.5 Å². The number of ether oxygens (including phenoxy) is 1. The molecule has 3 nitrogen and oxygen atoms in total. The molecule has 0 N–H and O–H groups in total. The third kappa shape index (κ3) is 3.17. The molecular formula is C16H17NO2. The first-order valence-corrected chi connectivity index (χ1v) is 6.32. The van der Waals surface area contributed by atoms with E-state index in [9.17, 15) is 4.79 Å². The molecule has 1 aliphatic heterocycles. The second-order valence-corrected chi connectivity index (χ2v) is 4.32. The molecule has 0 aromatic heterocycles. The zero-order valence-corrected chi connectivity index (χ0v) is 11.3. The Balaban J connectivity index is 2.11. The molecule has 1 aromatic rings. The summed E-state index contributed by atoms with van der Waals surface area (Å²) in [6.45, 7) is 2.19. The van der Waals surface area contributed by atoms with Crippen LogP contribution in [0.25, 0.3) is 5.70 Å². The zero-order valence-electron chi connectivity index (χ0n) is 11.3. The first-order chi connectivity index (χ1) is 9.22. The van der Waals surface area contributed by atoms with Crippen LogP contribution in [0.5, 0.6) is 5.75 Å². The highest BCUT2D eigenvalue weighted by atomic mass is 16.5. The summed E-state index contributed by atoms with van der Waals surface area (Å²) >= 11 is 0. The maximum Gasteiger partial charge on any atom is 0.227 e. The predicted molar refractivity (Wildman–Crippen MR) is 75.4 cm³/mol. The number of carbonyl (C=O) groups is 1. The molecule has 1 heterocycles. The zero-order chi connectivity index (χ0) is 13.7. The van der Waals surface area contributed by atoms with Gasteiger partial charge in [-0.25, -0.2) is 0 Å². The minimum Gasteiger partial charge on any atom is -0.481 e. The fourth-order valence-electron chi connectivity index (χ4n) is 2.00. The summed E-state index contributed by atoms with van der Waals surface area (Å²) in [6.07, 6.45) is 3.50. The van der Waals surface area contributed by atoms with E-state index in [4.69, 9.17) is 4.74 Å². The van der Waals surface area contributed by atoms with Gasteiger partial charge in [0.25, 0.3) is 0 Å². The molecule has 0 atom stereocenters. The normalized spacial score (nSPS) is 14.5. The smallest absolute Gasteiger partial charge is 0.227 e. The van der Waals surface area contributed by atoms with E-state index in [2.05, 4.69) is 17.9 Å². The van der Waals surface area contributed by atoms with Gasteiger partial charge >= 0.3 is 0 Å². The van der Waals surface area contributed by atoms with Crippen LogP contribution in [0.4, 0.5) is 0 Å². The highest BCUT2D eigenvalue weighted by Gasteiger charge is 2.18. The summed E-state index contributed by atoms with van der Waals surface area (Å²) in [5, 5.41) is 0. The van der Waals surface area contributed by atoms with Gasteiger partial charge in [-0.2, -0.15) is 0 Å². The molecule has 2 rings (SSSR count). The quantitative estimate of drug-likeness (QED) is 0.777. The van der Waals surface area contributed by atoms with Crippen LogP contribution in [-0.2, 0) is 4.79 Å². The van der Waals surface area contributed by atoms with Crippen molar-refractivity contribution in [3.05, 3.63) is 35.9 Å². The molecule has 1 aliphatic rings. The Morgan fingerprint density at radius 3 is 2.74 bits per heavy atom. The van der Waals surface area contributed by atoms with Gasteiger partial charge in [-0.1, -0.05) is 12.0 Å². The van der Waals surface area contributed by atoms with Crippen LogP contribution in [0, 0.1) is 11.8 Å². The number of nitrogens with zero attached hydrogens (tertiary/aromatic N) is 1. The van der Waals surface area contributed by atoms with Gasteiger partial charge in [0, 0.05) is 19.2 Å². The number of benzene rings is 1. The topological polar surface area (TPSA) is 29.5 Å². The maximum absolute atomic E-state index is 11.7. The van der Waals surface area contributed by atoms with Crippen molar-refractivity contribution < 1.29 is 9.53 Å². The Morgan fingerprint density at radius 1 is 1.32 bits per heavy atom. The van der Waals surface area contributed by atoms with Gasteiger partial charge in [0.05, 0.1) is 0 Å². The molecule has 0 saturated heterocycles. The lowest BCUT2D eigenvalue weighted by Gasteiger charge is -2.24. The third-order valence-corrected chi connectivity index (χ3v) is 3.07. The fraction of sp³-hybridized carbons (Fsp3) is 0.312. The summed E-state index contributed by atoms with van der Waals surface area (Å²) in [7, 11) is 1.81. The second kappa shape index (κ2) is 6.10. The van der Waals surface area contributed by atoms with E-state index in [1.807, 2.05) is 31.3 Å². The van der Waals surface area contributed by atoms with Crippen LogP contribution in [0.1, 0.15) is 25.3 Å². The highest BCUT2D eigenvalue weighted by Crippen LogP contribution is 2.25. The van der Waals surface area contributed by atoms with E-state index >= 15 is 0 Å². The minimum absolute atomic E-state index is 0.163. The first kappa shape index (κ1) is 13.2. The molecule has 0 spiro atoms. The number of carbonyl (C=O) groups excluding carboxylic acids is 1. The van der Waals surface area contributed by atoms with Crippen molar-refractivity contribution in [1.29, 1.82) is 0 Å². The Morgan fingerprint density at radius 2 is 2.05 bits per heavy atom. The van der Waals surface area contributed by atoms with Gasteiger partial charge in [0.1, 0.15) is 12.4 Å². The van der Waals surface area contributed by atoms with Crippen LogP contribution in [0.3, 0.4) is 0 Å². The third-order valence-electron chi connectivity index (χ3n) is 3.07. The van der Waals surface area contributed by atoms with Gasteiger partial charge < -0.3 is 9.64 Å². The molecule has 1 aromatic carbocycles.